The second-order valence-electron chi connectivity index (χ2n) is 8.68. The first-order valence-corrected chi connectivity index (χ1v) is 15.7. The first-order chi connectivity index (χ1) is 16.7. The van der Waals surface area contributed by atoms with E-state index in [4.69, 9.17) is 14.5 Å². The zero-order valence-electron chi connectivity index (χ0n) is 21.0. The van der Waals surface area contributed by atoms with Gasteiger partial charge in [-0.05, 0) is 56.3 Å². The molecule has 8 nitrogen and oxygen atoms in total. The Balaban J connectivity index is 2.10. The van der Waals surface area contributed by atoms with Crippen molar-refractivity contribution >= 4 is 31.1 Å². The number of aromatic nitrogens is 5. The summed E-state index contributed by atoms with van der Waals surface area (Å²) in [5.74, 6) is -0.0521. The second-order valence-corrected chi connectivity index (χ2v) is 14.1. The molecule has 0 spiro atoms. The fourth-order valence-corrected chi connectivity index (χ4v) is 7.68. The van der Waals surface area contributed by atoms with Gasteiger partial charge in [-0.15, -0.1) is 0 Å². The number of halogens is 1. The van der Waals surface area contributed by atoms with Gasteiger partial charge in [0.15, 0.2) is 24.9 Å². The fourth-order valence-electron chi connectivity index (χ4n) is 4.25. The highest BCUT2D eigenvalue weighted by atomic mass is 32.2. The van der Waals surface area contributed by atoms with Crippen LogP contribution in [0.1, 0.15) is 46.2 Å². The number of thioether (sulfide) groups is 1. The third kappa shape index (κ3) is 5.91. The van der Waals surface area contributed by atoms with Gasteiger partial charge in [-0.1, -0.05) is 44.7 Å². The average molecular weight is 520 g/mol. The minimum atomic E-state index is -2.06. The van der Waals surface area contributed by atoms with Gasteiger partial charge in [0.1, 0.15) is 11.2 Å². The number of aliphatic hydroxyl groups is 1. The number of pyridine rings is 1. The van der Waals surface area contributed by atoms with Crippen molar-refractivity contribution in [1.82, 2.24) is 24.7 Å². The third-order valence-corrected chi connectivity index (χ3v) is 11.9. The Labute approximate surface area is 210 Å². The molecule has 35 heavy (non-hydrogen) atoms. The Morgan fingerprint density at radius 3 is 2.63 bits per heavy atom. The molecular formula is C24H34FN5O3SSi. The summed E-state index contributed by atoms with van der Waals surface area (Å²) in [6.07, 6.45) is 5.68. The lowest BCUT2D eigenvalue weighted by atomic mass is 9.95. The quantitative estimate of drug-likeness (QED) is 0.195. The van der Waals surface area contributed by atoms with Crippen molar-refractivity contribution in [2.75, 3.05) is 12.9 Å². The van der Waals surface area contributed by atoms with Crippen LogP contribution in [-0.2, 0) is 10.0 Å². The van der Waals surface area contributed by atoms with E-state index in [1.807, 2.05) is 25.3 Å². The molecule has 0 saturated carbocycles. The zero-order chi connectivity index (χ0) is 25.6. The molecule has 0 bridgehead atoms. The summed E-state index contributed by atoms with van der Waals surface area (Å²) < 4.78 is 22.2. The number of aliphatic hydroxyl groups excluding tert-OH is 1. The number of aromatic amines is 1. The predicted octanol–water partition coefficient (Wildman–Crippen LogP) is 5.09. The predicted molar refractivity (Wildman–Crippen MR) is 140 cm³/mol. The van der Waals surface area contributed by atoms with Gasteiger partial charge in [0, 0.05) is 6.20 Å². The van der Waals surface area contributed by atoms with Crippen LogP contribution in [0.15, 0.2) is 46.2 Å². The van der Waals surface area contributed by atoms with Crippen molar-refractivity contribution in [3.05, 3.63) is 52.3 Å². The molecule has 0 aliphatic carbocycles. The molecule has 0 aliphatic rings. The standard InChI is InChI=1S/C24H34FN5O3SSi/c1-6-35(7-2,8-3)33-24(4,14-10-11-17(25)16-31)19-12-9-13-20(27-19)30-21-18(22(32)29-30)15-26-23(28-21)34-5/h9,11-13,15,31H,6-8,10,14,16H2,1-5H3,(H,29,32)/b17-11-/t24-/m1/s1. The number of hydrogen-bond donors (Lipinski definition) is 2. The summed E-state index contributed by atoms with van der Waals surface area (Å²) in [5.41, 5.74) is 0.0767. The summed E-state index contributed by atoms with van der Waals surface area (Å²) in [5, 5.41) is 12.8. The van der Waals surface area contributed by atoms with Crippen LogP contribution in [0.5, 0.6) is 0 Å². The van der Waals surface area contributed by atoms with Gasteiger partial charge in [0.2, 0.25) is 0 Å². The van der Waals surface area contributed by atoms with Crippen LogP contribution >= 0.6 is 11.8 Å². The molecule has 3 aromatic heterocycles. The summed E-state index contributed by atoms with van der Waals surface area (Å²) in [4.78, 5) is 26.1. The highest BCUT2D eigenvalue weighted by Gasteiger charge is 2.39. The van der Waals surface area contributed by atoms with Gasteiger partial charge < -0.3 is 9.53 Å². The van der Waals surface area contributed by atoms with Crippen LogP contribution in [-0.4, -0.2) is 51.0 Å². The van der Waals surface area contributed by atoms with Crippen LogP contribution in [0.2, 0.25) is 18.1 Å². The number of fused-ring (bicyclic) bond motifs is 1. The summed E-state index contributed by atoms with van der Waals surface area (Å²) >= 11 is 1.39. The van der Waals surface area contributed by atoms with E-state index in [0.29, 0.717) is 40.5 Å². The summed E-state index contributed by atoms with van der Waals surface area (Å²) in [6.45, 7) is 7.87. The Morgan fingerprint density at radius 1 is 1.29 bits per heavy atom. The van der Waals surface area contributed by atoms with Crippen molar-refractivity contribution < 1.29 is 13.9 Å². The molecule has 0 aromatic carbocycles. The van der Waals surface area contributed by atoms with E-state index < -0.39 is 26.4 Å². The maximum absolute atomic E-state index is 13.7. The number of nitrogens with one attached hydrogen (secondary N) is 1. The number of nitrogens with zero attached hydrogens (tertiary/aromatic N) is 4. The molecule has 1 atom stereocenters. The van der Waals surface area contributed by atoms with E-state index in [0.717, 1.165) is 18.1 Å². The van der Waals surface area contributed by atoms with Gasteiger partial charge in [-0.2, -0.15) is 0 Å². The summed E-state index contributed by atoms with van der Waals surface area (Å²) in [7, 11) is -2.06. The minimum absolute atomic E-state index is 0.294. The van der Waals surface area contributed by atoms with Crippen LogP contribution in [0.25, 0.3) is 16.9 Å². The molecule has 3 aromatic rings. The van der Waals surface area contributed by atoms with Gasteiger partial charge in [-0.25, -0.2) is 24.0 Å². The molecule has 3 heterocycles. The van der Waals surface area contributed by atoms with Gasteiger partial charge in [-0.3, -0.25) is 9.89 Å². The minimum Gasteiger partial charge on any atom is -0.406 e. The summed E-state index contributed by atoms with van der Waals surface area (Å²) in [6, 6.07) is 8.45. The molecule has 3 rings (SSSR count). The van der Waals surface area contributed by atoms with E-state index in [9.17, 15) is 9.18 Å². The van der Waals surface area contributed by atoms with E-state index in [1.54, 1.807) is 10.7 Å². The highest BCUT2D eigenvalue weighted by Crippen LogP contribution is 2.37. The van der Waals surface area contributed by atoms with Crippen LogP contribution in [0, 0.1) is 0 Å². The van der Waals surface area contributed by atoms with E-state index in [-0.39, 0.29) is 5.56 Å². The van der Waals surface area contributed by atoms with Crippen molar-refractivity contribution in [3.63, 3.8) is 0 Å². The monoisotopic (exact) mass is 519 g/mol. The fraction of sp³-hybridized carbons (Fsp3) is 0.500. The molecule has 2 N–H and O–H groups in total. The number of rotatable bonds is 12. The molecule has 0 amide bonds. The van der Waals surface area contributed by atoms with E-state index in [1.165, 1.54) is 24.0 Å². The SMILES string of the molecule is CC[Si](CC)(CC)O[C@](C)(CC/C=C(\F)CO)c1cccc(-n2[nH]c(=O)c3cnc(SC)nc32)n1. The van der Waals surface area contributed by atoms with Crippen LogP contribution in [0.3, 0.4) is 0 Å². The number of H-pyrrole nitrogens is 1. The Kier molecular flexibility index (Phi) is 9.03. The molecule has 0 unspecified atom stereocenters. The smallest absolute Gasteiger partial charge is 0.275 e. The highest BCUT2D eigenvalue weighted by molar-refractivity contribution is 7.98. The Bertz CT molecular complexity index is 1240. The van der Waals surface area contributed by atoms with Crippen molar-refractivity contribution in [1.29, 1.82) is 0 Å². The lowest BCUT2D eigenvalue weighted by Crippen LogP contribution is -2.44. The van der Waals surface area contributed by atoms with Crippen LogP contribution < -0.4 is 5.56 Å². The number of hydrogen-bond acceptors (Lipinski definition) is 7. The molecule has 0 radical (unpaired) electrons. The van der Waals surface area contributed by atoms with Gasteiger partial charge in [0.25, 0.3) is 5.56 Å². The van der Waals surface area contributed by atoms with E-state index >= 15 is 0 Å². The van der Waals surface area contributed by atoms with Crippen molar-refractivity contribution in [3.8, 4) is 5.82 Å². The maximum Gasteiger partial charge on any atom is 0.275 e. The average Bonchev–Trinajstić information content (AvgIpc) is 3.22. The number of allylic oxidation sites excluding steroid dienone is 1. The van der Waals surface area contributed by atoms with Gasteiger partial charge >= 0.3 is 0 Å². The second kappa shape index (κ2) is 11.6. The third-order valence-electron chi connectivity index (χ3n) is 6.62. The molecule has 0 fully saturated rings. The first kappa shape index (κ1) is 27.2. The normalized spacial score (nSPS) is 14.4. The van der Waals surface area contributed by atoms with Crippen molar-refractivity contribution in [2.24, 2.45) is 0 Å². The van der Waals surface area contributed by atoms with E-state index in [2.05, 4.69) is 35.8 Å². The first-order valence-electron chi connectivity index (χ1n) is 11.9. The van der Waals surface area contributed by atoms with Crippen LogP contribution in [0.4, 0.5) is 4.39 Å². The largest absolute Gasteiger partial charge is 0.406 e. The molecular weight excluding hydrogens is 485 g/mol. The molecule has 0 saturated heterocycles. The maximum atomic E-state index is 13.7. The Hall–Kier alpha value is -2.34. The van der Waals surface area contributed by atoms with Crippen molar-refractivity contribution in [2.45, 2.75) is 69.4 Å². The Morgan fingerprint density at radius 2 is 2.00 bits per heavy atom. The van der Waals surface area contributed by atoms with Gasteiger partial charge in [0.05, 0.1) is 17.9 Å². The zero-order valence-corrected chi connectivity index (χ0v) is 22.8. The topological polar surface area (TPSA) is 106 Å². The lowest BCUT2D eigenvalue weighted by molar-refractivity contribution is 0.0597. The lowest BCUT2D eigenvalue weighted by Gasteiger charge is -2.40. The molecule has 0 aliphatic heterocycles. The molecule has 11 heteroatoms. The molecule has 190 valence electrons.